The molecule has 2 N–H and O–H groups in total. The third-order valence-corrected chi connectivity index (χ3v) is 7.41. The van der Waals surface area contributed by atoms with Crippen molar-refractivity contribution >= 4 is 16.9 Å². The predicted molar refractivity (Wildman–Crippen MR) is 138 cm³/mol. The number of rotatable bonds is 9. The molecule has 3 atom stereocenters. The maximum atomic E-state index is 12.0. The third kappa shape index (κ3) is 6.29. The first kappa shape index (κ1) is 24.9. The van der Waals surface area contributed by atoms with E-state index in [1.807, 2.05) is 48.5 Å². The minimum Gasteiger partial charge on any atom is -0.493 e. The summed E-state index contributed by atoms with van der Waals surface area (Å²) in [6, 6.07) is 19.8. The highest BCUT2D eigenvalue weighted by Gasteiger charge is 2.30. The first-order valence-electron chi connectivity index (χ1n) is 11.7. The molecular formula is C28H31NO5S. The predicted octanol–water partition coefficient (Wildman–Crippen LogP) is 4.92. The van der Waals surface area contributed by atoms with Crippen LogP contribution in [-0.4, -0.2) is 27.9 Å². The highest BCUT2D eigenvalue weighted by Crippen LogP contribution is 2.32. The van der Waals surface area contributed by atoms with Crippen LogP contribution in [-0.2, 0) is 22.4 Å². The Morgan fingerprint density at radius 3 is 2.37 bits per heavy atom. The number of carbonyl (C=O) groups is 1. The molecule has 7 heteroatoms. The average molecular weight is 494 g/mol. The fourth-order valence-electron chi connectivity index (χ4n) is 4.28. The molecule has 3 aromatic rings. The number of aliphatic hydroxyl groups excluding tert-OH is 1. The van der Waals surface area contributed by atoms with Crippen LogP contribution in [0.25, 0.3) is 11.1 Å². The van der Waals surface area contributed by atoms with Gasteiger partial charge in [-0.1, -0.05) is 30.3 Å². The van der Waals surface area contributed by atoms with E-state index >= 15 is 0 Å². The van der Waals surface area contributed by atoms with E-state index in [9.17, 15) is 14.1 Å². The van der Waals surface area contributed by atoms with Crippen molar-refractivity contribution in [1.82, 2.24) is 4.72 Å². The molecule has 35 heavy (non-hydrogen) atoms. The van der Waals surface area contributed by atoms with E-state index in [4.69, 9.17) is 9.47 Å². The topological polar surface area (TPSA) is 84.9 Å². The Kier molecular flexibility index (Phi) is 7.88. The molecule has 0 spiro atoms. The molecular weight excluding hydrogens is 462 g/mol. The van der Waals surface area contributed by atoms with Gasteiger partial charge in [0.15, 0.2) is 0 Å². The van der Waals surface area contributed by atoms with Gasteiger partial charge in [0, 0.05) is 12.8 Å². The molecule has 0 aromatic heterocycles. The molecule has 6 nitrogen and oxygen atoms in total. The molecule has 0 radical (unpaired) electrons. The van der Waals surface area contributed by atoms with Crippen LogP contribution in [0.1, 0.15) is 47.3 Å². The van der Waals surface area contributed by atoms with E-state index in [1.54, 1.807) is 6.92 Å². The van der Waals surface area contributed by atoms with Crippen molar-refractivity contribution < 1.29 is 23.6 Å². The van der Waals surface area contributed by atoms with Crippen LogP contribution in [0.15, 0.2) is 60.7 Å². The van der Waals surface area contributed by atoms with E-state index in [0.29, 0.717) is 25.4 Å². The fraction of sp³-hybridized carbons (Fsp3) is 0.321. The summed E-state index contributed by atoms with van der Waals surface area (Å²) in [5, 5.41) is 9.12. The summed E-state index contributed by atoms with van der Waals surface area (Å²) >= 11 is 0. The lowest BCUT2D eigenvalue weighted by molar-refractivity contribution is -0.118. The molecule has 4 rings (SSSR count). The van der Waals surface area contributed by atoms with Crippen LogP contribution in [0.3, 0.4) is 0 Å². The number of nitrogens with one attached hydrogen (secondary N) is 1. The van der Waals surface area contributed by atoms with Gasteiger partial charge < -0.3 is 14.6 Å². The lowest BCUT2D eigenvalue weighted by Gasteiger charge is -2.15. The number of aryl methyl sites for hydroxylation is 2. The number of hydrogen-bond donors (Lipinski definition) is 2. The Labute approximate surface area is 208 Å². The summed E-state index contributed by atoms with van der Waals surface area (Å²) < 4.78 is 26.3. The van der Waals surface area contributed by atoms with E-state index in [-0.39, 0.29) is 23.7 Å². The Morgan fingerprint density at radius 1 is 1.03 bits per heavy atom. The molecule has 1 aliphatic rings. The second kappa shape index (κ2) is 11.1. The van der Waals surface area contributed by atoms with Crippen LogP contribution in [0.5, 0.6) is 11.5 Å². The standard InChI is InChI=1S/C28H31NO5S/c1-18-13-25(33-12-11-20(3)30)14-19(2)28(18)23-6-4-5-21(15-23)17-34-24-9-7-22(8-10-24)26-16-27(31)29-35(26)32/h4-10,13-15,20,26,30H,11-12,16-17H2,1-3H3,(H,29,31). The third-order valence-electron chi connectivity index (χ3n) is 6.03. The van der Waals surface area contributed by atoms with Crippen molar-refractivity contribution in [3.8, 4) is 22.6 Å². The maximum absolute atomic E-state index is 12.0. The van der Waals surface area contributed by atoms with Crippen LogP contribution < -0.4 is 14.2 Å². The van der Waals surface area contributed by atoms with Gasteiger partial charge in [0.1, 0.15) is 29.1 Å². The van der Waals surface area contributed by atoms with Gasteiger partial charge in [-0.15, -0.1) is 0 Å². The van der Waals surface area contributed by atoms with Gasteiger partial charge in [-0.2, -0.15) is 0 Å². The van der Waals surface area contributed by atoms with Crippen molar-refractivity contribution in [2.45, 2.75) is 51.6 Å². The first-order chi connectivity index (χ1) is 16.8. The highest BCUT2D eigenvalue weighted by atomic mass is 32.2. The number of benzene rings is 3. The van der Waals surface area contributed by atoms with Gasteiger partial charge in [-0.3, -0.25) is 9.52 Å². The molecule has 1 aliphatic heterocycles. The second-order valence-corrected chi connectivity index (χ2v) is 10.4. The molecule has 1 saturated heterocycles. The maximum Gasteiger partial charge on any atom is 0.233 e. The number of hydrogen-bond acceptors (Lipinski definition) is 5. The molecule has 1 heterocycles. The minimum atomic E-state index is -1.37. The number of carbonyl (C=O) groups excluding carboxylic acids is 1. The largest absolute Gasteiger partial charge is 0.493 e. The van der Waals surface area contributed by atoms with Crippen LogP contribution >= 0.6 is 0 Å². The molecule has 0 aliphatic carbocycles. The van der Waals surface area contributed by atoms with Crippen LogP contribution in [0.2, 0.25) is 0 Å². The van der Waals surface area contributed by atoms with Crippen LogP contribution in [0, 0.1) is 13.8 Å². The van der Waals surface area contributed by atoms with Gasteiger partial charge in [0.25, 0.3) is 0 Å². The Bertz CT molecular complexity index is 1200. The summed E-state index contributed by atoms with van der Waals surface area (Å²) in [7, 11) is -1.37. The lowest BCUT2D eigenvalue weighted by atomic mass is 9.94. The molecule has 0 bridgehead atoms. The van der Waals surface area contributed by atoms with E-state index in [2.05, 4.69) is 30.7 Å². The molecule has 1 fully saturated rings. The summed E-state index contributed by atoms with van der Waals surface area (Å²) in [5.41, 5.74) is 6.46. The number of aliphatic hydroxyl groups is 1. The molecule has 1 amide bonds. The minimum absolute atomic E-state index is 0.183. The van der Waals surface area contributed by atoms with E-state index < -0.39 is 11.0 Å². The molecule has 3 aromatic carbocycles. The average Bonchev–Trinajstić information content (AvgIpc) is 3.15. The van der Waals surface area contributed by atoms with Gasteiger partial charge >= 0.3 is 0 Å². The smallest absolute Gasteiger partial charge is 0.233 e. The van der Waals surface area contributed by atoms with Crippen molar-refractivity contribution in [2.75, 3.05) is 6.61 Å². The number of amides is 1. The van der Waals surface area contributed by atoms with Crippen molar-refractivity contribution in [3.63, 3.8) is 0 Å². The van der Waals surface area contributed by atoms with Crippen molar-refractivity contribution in [2.24, 2.45) is 0 Å². The van der Waals surface area contributed by atoms with E-state index in [0.717, 1.165) is 33.6 Å². The van der Waals surface area contributed by atoms with Gasteiger partial charge in [0.05, 0.1) is 18.0 Å². The monoisotopic (exact) mass is 493 g/mol. The van der Waals surface area contributed by atoms with Gasteiger partial charge in [-0.25, -0.2) is 4.21 Å². The van der Waals surface area contributed by atoms with Gasteiger partial charge in [-0.05, 0) is 84.5 Å². The molecule has 0 saturated carbocycles. The Balaban J connectivity index is 1.42. The first-order valence-corrected chi connectivity index (χ1v) is 13.0. The number of ether oxygens (including phenoxy) is 2. The SMILES string of the molecule is Cc1cc(OCCC(C)O)cc(C)c1-c1cccc(COc2ccc(C3CC(=O)NS3=O)cc2)c1. The summed E-state index contributed by atoms with van der Waals surface area (Å²) in [6.07, 6.45) is 0.467. The summed E-state index contributed by atoms with van der Waals surface area (Å²) in [4.78, 5) is 11.5. The van der Waals surface area contributed by atoms with Crippen molar-refractivity contribution in [3.05, 3.63) is 82.9 Å². The zero-order valence-electron chi connectivity index (χ0n) is 20.2. The molecule has 3 unspecified atom stereocenters. The zero-order chi connectivity index (χ0) is 24.9. The normalized spacial score (nSPS) is 18.2. The van der Waals surface area contributed by atoms with E-state index in [1.165, 1.54) is 5.56 Å². The second-order valence-electron chi connectivity index (χ2n) is 8.99. The summed E-state index contributed by atoms with van der Waals surface area (Å²) in [6.45, 7) is 6.82. The Morgan fingerprint density at radius 2 is 1.74 bits per heavy atom. The Hall–Kier alpha value is -3.16. The quantitative estimate of drug-likeness (QED) is 0.442. The zero-order valence-corrected chi connectivity index (χ0v) is 21.1. The van der Waals surface area contributed by atoms with Crippen molar-refractivity contribution in [1.29, 1.82) is 0 Å². The molecule has 184 valence electrons. The summed E-state index contributed by atoms with van der Waals surface area (Å²) in [5.74, 6) is 1.35. The van der Waals surface area contributed by atoms with Gasteiger partial charge in [0.2, 0.25) is 5.91 Å². The van der Waals surface area contributed by atoms with Crippen LogP contribution in [0.4, 0.5) is 0 Å². The highest BCUT2D eigenvalue weighted by molar-refractivity contribution is 7.84. The fourth-order valence-corrected chi connectivity index (χ4v) is 5.44. The lowest BCUT2D eigenvalue weighted by Crippen LogP contribution is -2.15.